The Hall–Kier alpha value is -1.03. The molecule has 8 heteroatoms. The topological polar surface area (TPSA) is 91.3 Å². The lowest BCUT2D eigenvalue weighted by Crippen LogP contribution is -2.42. The molecule has 28 heavy (non-hydrogen) atoms. The van der Waals surface area contributed by atoms with E-state index in [0.717, 1.165) is 18.4 Å². The first-order valence-corrected chi connectivity index (χ1v) is 11.1. The Morgan fingerprint density at radius 3 is 2.46 bits per heavy atom. The second-order valence-electron chi connectivity index (χ2n) is 7.14. The summed E-state index contributed by atoms with van der Waals surface area (Å²) in [5.41, 5.74) is 0.962. The van der Waals surface area contributed by atoms with Crippen molar-refractivity contribution in [3.8, 4) is 0 Å². The maximum atomic E-state index is 12.3. The lowest BCUT2D eigenvalue weighted by atomic mass is 10.0. The molecule has 1 N–H and O–H groups in total. The normalized spacial score (nSPS) is 26.5. The molecule has 1 aliphatic rings. The summed E-state index contributed by atoms with van der Waals surface area (Å²) in [6.45, 7) is 6.23. The molecule has 2 rings (SSSR count). The number of rotatable bonds is 11. The van der Waals surface area contributed by atoms with E-state index in [1.54, 1.807) is 19.2 Å². The third-order valence-electron chi connectivity index (χ3n) is 4.90. The van der Waals surface area contributed by atoms with Crippen LogP contribution in [-0.4, -0.2) is 64.4 Å². The minimum Gasteiger partial charge on any atom is -0.390 e. The number of hydrogen-bond donors (Lipinski definition) is 1. The van der Waals surface area contributed by atoms with Crippen LogP contribution in [0.15, 0.2) is 29.2 Å². The number of ether oxygens (including phenoxy) is 3. The van der Waals surface area contributed by atoms with Gasteiger partial charge in [-0.25, -0.2) is 0 Å². The minimum atomic E-state index is -3.86. The Labute approximate surface area is 168 Å². The number of aliphatic hydroxyl groups is 1. The van der Waals surface area contributed by atoms with Crippen LogP contribution in [0.2, 0.25) is 0 Å². The summed E-state index contributed by atoms with van der Waals surface area (Å²) in [7, 11) is -2.27. The molecule has 0 radical (unpaired) electrons. The van der Waals surface area contributed by atoms with E-state index in [9.17, 15) is 13.5 Å². The van der Waals surface area contributed by atoms with Crippen LogP contribution >= 0.6 is 0 Å². The van der Waals surface area contributed by atoms with Crippen LogP contribution < -0.4 is 0 Å². The average Bonchev–Trinajstić information content (AvgIpc) is 2.97. The van der Waals surface area contributed by atoms with Gasteiger partial charge in [-0.05, 0) is 32.4 Å². The Morgan fingerprint density at radius 1 is 1.18 bits per heavy atom. The minimum absolute atomic E-state index is 0.0959. The van der Waals surface area contributed by atoms with Crippen molar-refractivity contribution >= 4 is 10.1 Å². The second-order valence-corrected chi connectivity index (χ2v) is 8.76. The maximum absolute atomic E-state index is 12.3. The van der Waals surface area contributed by atoms with Gasteiger partial charge >= 0.3 is 0 Å². The van der Waals surface area contributed by atoms with E-state index in [1.807, 2.05) is 13.8 Å². The Balaban J connectivity index is 1.93. The summed E-state index contributed by atoms with van der Waals surface area (Å²) < 4.78 is 46.8. The second kappa shape index (κ2) is 10.7. The molecule has 0 spiro atoms. The molecule has 0 unspecified atom stereocenters. The van der Waals surface area contributed by atoms with Crippen molar-refractivity contribution in [3.63, 3.8) is 0 Å². The lowest BCUT2D eigenvalue weighted by molar-refractivity contribution is -0.0918. The molecule has 1 fully saturated rings. The van der Waals surface area contributed by atoms with Gasteiger partial charge in [0.2, 0.25) is 0 Å². The standard InChI is InChI=1S/C20H32O7S/c1-5-6-12-25-20-18(24-4)15(3)27-19(20)17(21)11-13-26-28(22,23)16-9-7-14(2)8-10-16/h7-10,15,17-21H,5-6,11-13H2,1-4H3/t15-,17+,18-,19+,20-/m0/s1. The van der Waals surface area contributed by atoms with Crippen LogP contribution in [0.3, 0.4) is 0 Å². The van der Waals surface area contributed by atoms with E-state index >= 15 is 0 Å². The van der Waals surface area contributed by atoms with Crippen LogP contribution in [0.4, 0.5) is 0 Å². The highest BCUT2D eigenvalue weighted by Crippen LogP contribution is 2.29. The smallest absolute Gasteiger partial charge is 0.296 e. The summed E-state index contributed by atoms with van der Waals surface area (Å²) >= 11 is 0. The monoisotopic (exact) mass is 416 g/mol. The van der Waals surface area contributed by atoms with Crippen molar-refractivity contribution < 1.29 is 31.9 Å². The van der Waals surface area contributed by atoms with Crippen molar-refractivity contribution in [1.82, 2.24) is 0 Å². The molecule has 0 aliphatic carbocycles. The summed E-state index contributed by atoms with van der Waals surface area (Å²) in [6, 6.07) is 6.43. The van der Waals surface area contributed by atoms with E-state index < -0.39 is 28.4 Å². The van der Waals surface area contributed by atoms with Gasteiger partial charge in [-0.1, -0.05) is 31.0 Å². The van der Waals surface area contributed by atoms with Gasteiger partial charge in [0, 0.05) is 20.1 Å². The maximum Gasteiger partial charge on any atom is 0.296 e. The van der Waals surface area contributed by atoms with Crippen molar-refractivity contribution in [3.05, 3.63) is 29.8 Å². The number of benzene rings is 1. The molecule has 1 aliphatic heterocycles. The molecule has 0 aromatic heterocycles. The van der Waals surface area contributed by atoms with E-state index in [2.05, 4.69) is 6.92 Å². The van der Waals surface area contributed by atoms with E-state index in [-0.39, 0.29) is 30.1 Å². The molecule has 0 amide bonds. The predicted octanol–water partition coefficient (Wildman–Crippen LogP) is 2.44. The van der Waals surface area contributed by atoms with E-state index in [1.165, 1.54) is 12.1 Å². The third kappa shape index (κ3) is 5.98. The van der Waals surface area contributed by atoms with E-state index in [4.69, 9.17) is 18.4 Å². The van der Waals surface area contributed by atoms with Gasteiger partial charge in [0.05, 0.1) is 23.7 Å². The summed E-state index contributed by atoms with van der Waals surface area (Å²) in [5.74, 6) is 0. The SMILES string of the molecule is CCCCO[C@H]1[C@@H](OC)[C@H](C)O[C@@H]1[C@H](O)CCOS(=O)(=O)c1ccc(C)cc1. The summed E-state index contributed by atoms with van der Waals surface area (Å²) in [6.07, 6.45) is -0.435. The van der Waals surface area contributed by atoms with Crippen molar-refractivity contribution in [2.45, 2.75) is 75.4 Å². The van der Waals surface area contributed by atoms with Crippen molar-refractivity contribution in [2.24, 2.45) is 0 Å². The Kier molecular flexibility index (Phi) is 8.85. The number of hydrogen-bond acceptors (Lipinski definition) is 7. The molecule has 0 bridgehead atoms. The number of aliphatic hydroxyl groups excluding tert-OH is 1. The fourth-order valence-electron chi connectivity index (χ4n) is 3.26. The zero-order chi connectivity index (χ0) is 20.7. The zero-order valence-electron chi connectivity index (χ0n) is 17.0. The van der Waals surface area contributed by atoms with E-state index in [0.29, 0.717) is 6.61 Å². The number of unbranched alkanes of at least 4 members (excludes halogenated alkanes) is 1. The molecule has 0 saturated carbocycles. The highest BCUT2D eigenvalue weighted by atomic mass is 32.2. The van der Waals surface area contributed by atoms with Crippen molar-refractivity contribution in [2.75, 3.05) is 20.3 Å². The highest BCUT2D eigenvalue weighted by Gasteiger charge is 2.46. The Bertz CT molecular complexity index is 689. The quantitative estimate of drug-likeness (QED) is 0.438. The first-order chi connectivity index (χ1) is 13.3. The van der Waals surface area contributed by atoms with Gasteiger partial charge in [-0.15, -0.1) is 0 Å². The zero-order valence-corrected chi connectivity index (χ0v) is 17.9. The fraction of sp³-hybridized carbons (Fsp3) is 0.700. The van der Waals surface area contributed by atoms with Crippen molar-refractivity contribution in [1.29, 1.82) is 0 Å². The van der Waals surface area contributed by atoms with Gasteiger partial charge < -0.3 is 19.3 Å². The van der Waals surface area contributed by atoms with Gasteiger partial charge in [0.15, 0.2) is 0 Å². The summed E-state index contributed by atoms with van der Waals surface area (Å²) in [5, 5.41) is 10.6. The first-order valence-electron chi connectivity index (χ1n) is 9.74. The fourth-order valence-corrected chi connectivity index (χ4v) is 4.18. The molecule has 1 aromatic rings. The molecule has 160 valence electrons. The molecule has 1 aromatic carbocycles. The van der Waals surface area contributed by atoms with Gasteiger partial charge in [0.1, 0.15) is 18.3 Å². The Morgan fingerprint density at radius 2 is 1.86 bits per heavy atom. The third-order valence-corrected chi connectivity index (χ3v) is 6.23. The van der Waals surface area contributed by atoms with Crippen LogP contribution in [-0.2, 0) is 28.5 Å². The molecule has 5 atom stereocenters. The first kappa shape index (κ1) is 23.3. The highest BCUT2D eigenvalue weighted by molar-refractivity contribution is 7.86. The average molecular weight is 417 g/mol. The van der Waals surface area contributed by atoms with Crippen LogP contribution in [0.1, 0.15) is 38.7 Å². The predicted molar refractivity (Wildman–Crippen MR) is 105 cm³/mol. The number of aryl methyl sites for hydroxylation is 1. The largest absolute Gasteiger partial charge is 0.390 e. The van der Waals surface area contributed by atoms with Crippen LogP contribution in [0, 0.1) is 6.92 Å². The molecule has 1 heterocycles. The molecule has 1 saturated heterocycles. The van der Waals surface area contributed by atoms with Crippen LogP contribution in [0.25, 0.3) is 0 Å². The van der Waals surface area contributed by atoms with Gasteiger partial charge in [0.25, 0.3) is 10.1 Å². The molecule has 7 nitrogen and oxygen atoms in total. The molecular weight excluding hydrogens is 384 g/mol. The van der Waals surface area contributed by atoms with Gasteiger partial charge in [-0.2, -0.15) is 8.42 Å². The summed E-state index contributed by atoms with van der Waals surface area (Å²) in [4.78, 5) is 0.0959. The van der Waals surface area contributed by atoms with Gasteiger partial charge in [-0.3, -0.25) is 4.18 Å². The lowest BCUT2D eigenvalue weighted by Gasteiger charge is -2.26. The number of methoxy groups -OCH3 is 1. The molecular formula is C20H32O7S. The van der Waals surface area contributed by atoms with Crippen LogP contribution in [0.5, 0.6) is 0 Å².